The maximum absolute atomic E-state index is 11.4. The van der Waals surface area contributed by atoms with Crippen molar-refractivity contribution in [1.82, 2.24) is 10.0 Å². The molecule has 1 atom stereocenters. The molecule has 4 nitrogen and oxygen atoms in total. The molecular weight excluding hydrogens is 304 g/mol. The highest BCUT2D eigenvalue weighted by atomic mass is 35.5. The zero-order chi connectivity index (χ0) is 13.9. The normalized spacial score (nSPS) is 19.2. The summed E-state index contributed by atoms with van der Waals surface area (Å²) in [5, 5.41) is 4.02. The Kier molecular flexibility index (Phi) is 5.14. The van der Waals surface area contributed by atoms with Gasteiger partial charge in [-0.15, -0.1) is 11.8 Å². The second-order valence-corrected chi connectivity index (χ2v) is 7.97. The fourth-order valence-corrected chi connectivity index (χ4v) is 3.92. The van der Waals surface area contributed by atoms with Crippen LogP contribution in [0.25, 0.3) is 0 Å². The first-order chi connectivity index (χ1) is 9.02. The predicted molar refractivity (Wildman–Crippen MR) is 80.4 cm³/mol. The van der Waals surface area contributed by atoms with Crippen LogP contribution < -0.4 is 10.0 Å². The number of halogens is 1. The molecule has 0 fully saturated rings. The second kappa shape index (κ2) is 6.45. The molecule has 1 aliphatic heterocycles. The molecule has 0 saturated carbocycles. The minimum absolute atomic E-state index is 0.0864. The van der Waals surface area contributed by atoms with Crippen molar-refractivity contribution in [2.24, 2.45) is 0 Å². The van der Waals surface area contributed by atoms with Crippen molar-refractivity contribution in [2.45, 2.75) is 17.4 Å². The fraction of sp³-hybridized carbons (Fsp3) is 0.500. The molecule has 1 unspecified atom stereocenters. The lowest BCUT2D eigenvalue weighted by atomic mass is 10.0. The molecule has 0 bridgehead atoms. The van der Waals surface area contributed by atoms with Gasteiger partial charge in [0, 0.05) is 22.5 Å². The summed E-state index contributed by atoms with van der Waals surface area (Å²) < 4.78 is 25.0. The molecule has 106 valence electrons. The highest BCUT2D eigenvalue weighted by Crippen LogP contribution is 2.37. The van der Waals surface area contributed by atoms with Crippen LogP contribution in [0.15, 0.2) is 23.1 Å². The van der Waals surface area contributed by atoms with E-state index >= 15 is 0 Å². The topological polar surface area (TPSA) is 58.2 Å². The highest BCUT2D eigenvalue weighted by Gasteiger charge is 2.21. The van der Waals surface area contributed by atoms with Crippen LogP contribution in [-0.4, -0.2) is 33.5 Å². The molecule has 1 aromatic carbocycles. The van der Waals surface area contributed by atoms with E-state index < -0.39 is 10.0 Å². The van der Waals surface area contributed by atoms with Crippen LogP contribution in [0.3, 0.4) is 0 Å². The number of benzene rings is 1. The summed E-state index contributed by atoms with van der Waals surface area (Å²) in [6, 6.07) is 6.07. The van der Waals surface area contributed by atoms with E-state index in [2.05, 4.69) is 10.0 Å². The average molecular weight is 321 g/mol. The smallest absolute Gasteiger partial charge is 0.212 e. The minimum atomic E-state index is -3.15. The van der Waals surface area contributed by atoms with E-state index in [4.69, 9.17) is 11.6 Å². The number of fused-ring (bicyclic) bond motifs is 1. The molecule has 1 aliphatic rings. The summed E-state index contributed by atoms with van der Waals surface area (Å²) in [5.41, 5.74) is 1.17. The standard InChI is InChI=1S/C12H17ClN2O2S2/c1-14-19(16,17)7-5-15-11-4-6-18-12-3-2-9(13)8-10(11)12/h2-3,8,11,14-15H,4-7H2,1H3. The van der Waals surface area contributed by atoms with E-state index in [1.54, 1.807) is 0 Å². The molecule has 0 amide bonds. The van der Waals surface area contributed by atoms with Crippen LogP contribution >= 0.6 is 23.4 Å². The first-order valence-electron chi connectivity index (χ1n) is 6.09. The third-order valence-corrected chi connectivity index (χ3v) is 5.81. The van der Waals surface area contributed by atoms with Crippen molar-refractivity contribution in [2.75, 3.05) is 25.1 Å². The Hall–Kier alpha value is -0.270. The zero-order valence-corrected chi connectivity index (χ0v) is 13.0. The Morgan fingerprint density at radius 1 is 1.47 bits per heavy atom. The number of thioether (sulfide) groups is 1. The molecule has 0 spiro atoms. The largest absolute Gasteiger partial charge is 0.309 e. The lowest BCUT2D eigenvalue weighted by Gasteiger charge is -2.26. The van der Waals surface area contributed by atoms with Gasteiger partial charge in [-0.3, -0.25) is 0 Å². The Bertz CT molecular complexity index is 549. The number of sulfonamides is 1. The van der Waals surface area contributed by atoms with E-state index in [0.717, 1.165) is 17.2 Å². The zero-order valence-electron chi connectivity index (χ0n) is 10.6. The molecule has 7 heteroatoms. The number of hydrogen-bond acceptors (Lipinski definition) is 4. The van der Waals surface area contributed by atoms with Crippen LogP contribution in [0.4, 0.5) is 0 Å². The van der Waals surface area contributed by atoms with Crippen LogP contribution in [-0.2, 0) is 10.0 Å². The Morgan fingerprint density at radius 2 is 2.26 bits per heavy atom. The van der Waals surface area contributed by atoms with Gasteiger partial charge < -0.3 is 5.32 Å². The van der Waals surface area contributed by atoms with Crippen molar-refractivity contribution in [1.29, 1.82) is 0 Å². The Balaban J connectivity index is 2.02. The summed E-state index contributed by atoms with van der Waals surface area (Å²) in [6.07, 6.45) is 0.984. The summed E-state index contributed by atoms with van der Waals surface area (Å²) in [4.78, 5) is 1.23. The predicted octanol–water partition coefficient (Wildman–Crippen LogP) is 2.02. The molecule has 2 N–H and O–H groups in total. The number of rotatable bonds is 5. The third kappa shape index (κ3) is 4.10. The molecular formula is C12H17ClN2O2S2. The molecule has 1 heterocycles. The van der Waals surface area contributed by atoms with Crippen molar-refractivity contribution in [3.05, 3.63) is 28.8 Å². The summed E-state index contributed by atoms with van der Waals surface area (Å²) in [7, 11) is -1.72. The van der Waals surface area contributed by atoms with Crippen LogP contribution in [0.5, 0.6) is 0 Å². The van der Waals surface area contributed by atoms with Crippen LogP contribution in [0.2, 0.25) is 5.02 Å². The van der Waals surface area contributed by atoms with E-state index in [-0.39, 0.29) is 11.8 Å². The minimum Gasteiger partial charge on any atom is -0.309 e. The summed E-state index contributed by atoms with van der Waals surface area (Å²) in [6.45, 7) is 0.435. The Labute approximate surface area is 123 Å². The third-order valence-electron chi connectivity index (χ3n) is 3.08. The number of hydrogen-bond donors (Lipinski definition) is 2. The van der Waals surface area contributed by atoms with Crippen molar-refractivity contribution in [3.8, 4) is 0 Å². The van der Waals surface area contributed by atoms with Gasteiger partial charge in [0.15, 0.2) is 0 Å². The average Bonchev–Trinajstić information content (AvgIpc) is 2.39. The van der Waals surface area contributed by atoms with E-state index in [1.165, 1.54) is 17.5 Å². The first-order valence-corrected chi connectivity index (χ1v) is 9.10. The first kappa shape index (κ1) is 15.1. The quantitative estimate of drug-likeness (QED) is 0.871. The Morgan fingerprint density at radius 3 is 3.00 bits per heavy atom. The van der Waals surface area contributed by atoms with Gasteiger partial charge in [0.05, 0.1) is 5.75 Å². The maximum Gasteiger partial charge on any atom is 0.212 e. The summed E-state index contributed by atoms with van der Waals surface area (Å²) in [5.74, 6) is 1.12. The van der Waals surface area contributed by atoms with Gasteiger partial charge in [0.2, 0.25) is 10.0 Å². The van der Waals surface area contributed by atoms with Gasteiger partial charge >= 0.3 is 0 Å². The van der Waals surface area contributed by atoms with E-state index in [0.29, 0.717) is 6.54 Å². The molecule has 0 saturated heterocycles. The van der Waals surface area contributed by atoms with Crippen LogP contribution in [0.1, 0.15) is 18.0 Å². The fourth-order valence-electron chi connectivity index (χ4n) is 2.05. The van der Waals surface area contributed by atoms with Gasteiger partial charge in [0.1, 0.15) is 0 Å². The van der Waals surface area contributed by atoms with Gasteiger partial charge in [-0.1, -0.05) is 11.6 Å². The molecule has 0 aliphatic carbocycles. The van der Waals surface area contributed by atoms with Crippen molar-refractivity contribution < 1.29 is 8.42 Å². The van der Waals surface area contributed by atoms with Gasteiger partial charge in [-0.05, 0) is 43.0 Å². The molecule has 19 heavy (non-hydrogen) atoms. The van der Waals surface area contributed by atoms with Gasteiger partial charge in [-0.25, -0.2) is 13.1 Å². The van der Waals surface area contributed by atoms with Crippen LogP contribution in [0, 0.1) is 0 Å². The molecule has 0 aromatic heterocycles. The lowest BCUT2D eigenvalue weighted by Crippen LogP contribution is -2.32. The summed E-state index contributed by atoms with van der Waals surface area (Å²) >= 11 is 7.84. The van der Waals surface area contributed by atoms with E-state index in [1.807, 2.05) is 30.0 Å². The van der Waals surface area contributed by atoms with Crippen molar-refractivity contribution >= 4 is 33.4 Å². The highest BCUT2D eigenvalue weighted by molar-refractivity contribution is 7.99. The monoisotopic (exact) mass is 320 g/mol. The second-order valence-electron chi connectivity index (χ2n) is 4.35. The molecule has 1 aromatic rings. The SMILES string of the molecule is CNS(=O)(=O)CCNC1CCSc2ccc(Cl)cc21. The van der Waals surface area contributed by atoms with Gasteiger partial charge in [-0.2, -0.15) is 0 Å². The van der Waals surface area contributed by atoms with Crippen molar-refractivity contribution in [3.63, 3.8) is 0 Å². The lowest BCUT2D eigenvalue weighted by molar-refractivity contribution is 0.521. The number of nitrogens with one attached hydrogen (secondary N) is 2. The molecule has 0 radical (unpaired) electrons. The van der Waals surface area contributed by atoms with E-state index in [9.17, 15) is 8.42 Å². The van der Waals surface area contributed by atoms with Gasteiger partial charge in [0.25, 0.3) is 0 Å². The molecule has 2 rings (SSSR count). The maximum atomic E-state index is 11.4.